The highest BCUT2D eigenvalue weighted by atomic mass is 15.6. The molecule has 1 aromatic heterocycles. The SMILES string of the molecule is CCCN1CC(c2cccnc2)N=N1. The Morgan fingerprint density at radius 1 is 1.57 bits per heavy atom. The summed E-state index contributed by atoms with van der Waals surface area (Å²) in [7, 11) is 0. The van der Waals surface area contributed by atoms with E-state index in [2.05, 4.69) is 22.2 Å². The van der Waals surface area contributed by atoms with Crippen LogP contribution in [0.4, 0.5) is 0 Å². The summed E-state index contributed by atoms with van der Waals surface area (Å²) in [5, 5.41) is 10.3. The maximum atomic E-state index is 4.22. The lowest BCUT2D eigenvalue weighted by Crippen LogP contribution is -2.18. The van der Waals surface area contributed by atoms with Crippen LogP contribution < -0.4 is 0 Å². The highest BCUT2D eigenvalue weighted by Gasteiger charge is 2.19. The van der Waals surface area contributed by atoms with E-state index in [1.165, 1.54) is 0 Å². The van der Waals surface area contributed by atoms with Crippen LogP contribution in [-0.2, 0) is 0 Å². The first-order valence-electron chi connectivity index (χ1n) is 4.96. The summed E-state index contributed by atoms with van der Waals surface area (Å²) in [5.74, 6) is 0. The van der Waals surface area contributed by atoms with Crippen molar-refractivity contribution in [1.29, 1.82) is 0 Å². The molecule has 2 heterocycles. The largest absolute Gasteiger partial charge is 0.276 e. The normalized spacial score (nSPS) is 20.4. The Bertz CT molecular complexity index is 309. The third-order valence-electron chi connectivity index (χ3n) is 2.25. The lowest BCUT2D eigenvalue weighted by atomic mass is 10.1. The van der Waals surface area contributed by atoms with Gasteiger partial charge in [-0.1, -0.05) is 18.2 Å². The fourth-order valence-electron chi connectivity index (χ4n) is 1.55. The summed E-state index contributed by atoms with van der Waals surface area (Å²) in [5.41, 5.74) is 1.15. The van der Waals surface area contributed by atoms with Gasteiger partial charge in [0.25, 0.3) is 0 Å². The molecule has 0 fully saturated rings. The molecule has 1 aliphatic rings. The predicted octanol–water partition coefficient (Wildman–Crippen LogP) is 2.22. The van der Waals surface area contributed by atoms with E-state index in [0.29, 0.717) is 0 Å². The Morgan fingerprint density at radius 3 is 3.21 bits per heavy atom. The number of hydrogen-bond donors (Lipinski definition) is 0. The quantitative estimate of drug-likeness (QED) is 0.733. The van der Waals surface area contributed by atoms with Crippen molar-refractivity contribution in [3.63, 3.8) is 0 Å². The summed E-state index contributed by atoms with van der Waals surface area (Å²) >= 11 is 0. The molecule has 1 aromatic rings. The predicted molar refractivity (Wildman–Crippen MR) is 53.7 cm³/mol. The Hall–Kier alpha value is -1.45. The summed E-state index contributed by atoms with van der Waals surface area (Å²) < 4.78 is 0. The van der Waals surface area contributed by atoms with Crippen molar-refractivity contribution in [3.05, 3.63) is 30.1 Å². The minimum atomic E-state index is 0.176. The number of nitrogens with zero attached hydrogens (tertiary/aromatic N) is 4. The first-order chi connectivity index (χ1) is 6.90. The van der Waals surface area contributed by atoms with Gasteiger partial charge in [0.05, 0.1) is 6.54 Å². The topological polar surface area (TPSA) is 40.9 Å². The molecule has 4 nitrogen and oxygen atoms in total. The maximum absolute atomic E-state index is 4.22. The van der Waals surface area contributed by atoms with Gasteiger partial charge >= 0.3 is 0 Å². The van der Waals surface area contributed by atoms with Gasteiger partial charge in [0.1, 0.15) is 6.04 Å². The maximum Gasteiger partial charge on any atom is 0.119 e. The third-order valence-corrected chi connectivity index (χ3v) is 2.25. The van der Waals surface area contributed by atoms with Crippen molar-refractivity contribution in [1.82, 2.24) is 9.99 Å². The average molecular weight is 190 g/mol. The van der Waals surface area contributed by atoms with Gasteiger partial charge in [-0.3, -0.25) is 9.99 Å². The molecule has 1 unspecified atom stereocenters. The molecule has 74 valence electrons. The molecule has 1 atom stereocenters. The van der Waals surface area contributed by atoms with E-state index in [0.717, 1.165) is 25.1 Å². The summed E-state index contributed by atoms with van der Waals surface area (Å²) in [6.07, 6.45) is 4.75. The van der Waals surface area contributed by atoms with Crippen LogP contribution in [0.5, 0.6) is 0 Å². The van der Waals surface area contributed by atoms with Gasteiger partial charge in [0.15, 0.2) is 0 Å². The van der Waals surface area contributed by atoms with Crippen molar-refractivity contribution < 1.29 is 0 Å². The molecule has 1 aliphatic heterocycles. The standard InChI is InChI=1S/C10H14N4/c1-2-6-14-8-10(12-13-14)9-4-3-5-11-7-9/h3-5,7,10H,2,6,8H2,1H3. The number of pyridine rings is 1. The Morgan fingerprint density at radius 2 is 2.50 bits per heavy atom. The van der Waals surface area contributed by atoms with Crippen molar-refractivity contribution >= 4 is 0 Å². The van der Waals surface area contributed by atoms with Crippen LogP contribution in [0.25, 0.3) is 0 Å². The number of hydrogen-bond acceptors (Lipinski definition) is 4. The van der Waals surface area contributed by atoms with Crippen LogP contribution >= 0.6 is 0 Å². The van der Waals surface area contributed by atoms with Crippen LogP contribution in [-0.4, -0.2) is 23.1 Å². The van der Waals surface area contributed by atoms with E-state index in [1.807, 2.05) is 23.3 Å². The van der Waals surface area contributed by atoms with Gasteiger partial charge < -0.3 is 0 Å². The van der Waals surface area contributed by atoms with Crippen LogP contribution in [0, 0.1) is 0 Å². The molecule has 0 bridgehead atoms. The average Bonchev–Trinajstić information content (AvgIpc) is 2.68. The molecule has 0 radical (unpaired) electrons. The molecule has 0 spiro atoms. The van der Waals surface area contributed by atoms with Gasteiger partial charge in [-0.25, -0.2) is 0 Å². The number of rotatable bonds is 3. The first-order valence-corrected chi connectivity index (χ1v) is 4.96. The third kappa shape index (κ3) is 1.89. The van der Waals surface area contributed by atoms with Crippen molar-refractivity contribution in [3.8, 4) is 0 Å². The summed E-state index contributed by atoms with van der Waals surface area (Å²) in [4.78, 5) is 4.08. The monoisotopic (exact) mass is 190 g/mol. The zero-order valence-corrected chi connectivity index (χ0v) is 8.30. The molecule has 2 rings (SSSR count). The second kappa shape index (κ2) is 4.17. The minimum Gasteiger partial charge on any atom is -0.276 e. The smallest absolute Gasteiger partial charge is 0.119 e. The van der Waals surface area contributed by atoms with Gasteiger partial charge in [-0.05, 0) is 18.1 Å². The summed E-state index contributed by atoms with van der Waals surface area (Å²) in [6, 6.07) is 4.16. The van der Waals surface area contributed by atoms with E-state index in [4.69, 9.17) is 0 Å². The minimum absolute atomic E-state index is 0.176. The molecule has 4 heteroatoms. The zero-order valence-electron chi connectivity index (χ0n) is 8.30. The molecule has 0 saturated carbocycles. The highest BCUT2D eigenvalue weighted by molar-refractivity contribution is 5.14. The second-order valence-electron chi connectivity index (χ2n) is 3.42. The Kier molecular flexibility index (Phi) is 2.72. The van der Waals surface area contributed by atoms with E-state index >= 15 is 0 Å². The van der Waals surface area contributed by atoms with E-state index in [1.54, 1.807) is 6.20 Å². The van der Waals surface area contributed by atoms with Gasteiger partial charge in [-0.15, -0.1) is 0 Å². The Labute approximate surface area is 83.6 Å². The van der Waals surface area contributed by atoms with E-state index in [-0.39, 0.29) is 6.04 Å². The van der Waals surface area contributed by atoms with E-state index in [9.17, 15) is 0 Å². The van der Waals surface area contributed by atoms with E-state index < -0.39 is 0 Å². The second-order valence-corrected chi connectivity index (χ2v) is 3.42. The van der Waals surface area contributed by atoms with Gasteiger partial charge in [-0.2, -0.15) is 5.11 Å². The van der Waals surface area contributed by atoms with Gasteiger partial charge in [0, 0.05) is 18.9 Å². The van der Waals surface area contributed by atoms with Crippen LogP contribution in [0.3, 0.4) is 0 Å². The highest BCUT2D eigenvalue weighted by Crippen LogP contribution is 2.23. The zero-order chi connectivity index (χ0) is 9.80. The Balaban J connectivity index is 2.00. The molecule has 0 saturated heterocycles. The van der Waals surface area contributed by atoms with Crippen molar-refractivity contribution in [2.24, 2.45) is 10.3 Å². The van der Waals surface area contributed by atoms with Gasteiger partial charge in [0.2, 0.25) is 0 Å². The fraction of sp³-hybridized carbons (Fsp3) is 0.500. The lowest BCUT2D eigenvalue weighted by molar-refractivity contribution is 0.309. The molecule has 0 aromatic carbocycles. The molecule has 0 amide bonds. The lowest BCUT2D eigenvalue weighted by Gasteiger charge is -2.11. The van der Waals surface area contributed by atoms with Crippen LogP contribution in [0.15, 0.2) is 34.9 Å². The molecule has 14 heavy (non-hydrogen) atoms. The fourth-order valence-corrected chi connectivity index (χ4v) is 1.55. The van der Waals surface area contributed by atoms with Crippen LogP contribution in [0.1, 0.15) is 24.9 Å². The van der Waals surface area contributed by atoms with Crippen LogP contribution in [0.2, 0.25) is 0 Å². The molecular weight excluding hydrogens is 176 g/mol. The molecule has 0 N–H and O–H groups in total. The number of aromatic nitrogens is 1. The van der Waals surface area contributed by atoms with Crippen molar-refractivity contribution in [2.75, 3.05) is 13.1 Å². The molecular formula is C10H14N4. The summed E-state index contributed by atoms with van der Waals surface area (Å²) in [6.45, 7) is 4.02. The molecule has 0 aliphatic carbocycles. The first kappa shape index (κ1) is 9.12. The van der Waals surface area contributed by atoms with Crippen molar-refractivity contribution in [2.45, 2.75) is 19.4 Å².